The maximum Gasteiger partial charge on any atom is 0.227 e. The number of carbonyl (C=O) groups is 1. The Morgan fingerprint density at radius 3 is 2.70 bits per heavy atom. The van der Waals surface area contributed by atoms with Crippen LogP contribution in [0.15, 0.2) is 36.5 Å². The van der Waals surface area contributed by atoms with Gasteiger partial charge in [0, 0.05) is 43.9 Å². The highest BCUT2D eigenvalue weighted by Crippen LogP contribution is 2.27. The molecule has 1 aromatic carbocycles. The second-order valence-corrected chi connectivity index (χ2v) is 7.62. The minimum Gasteiger partial charge on any atom is -0.394 e. The summed E-state index contributed by atoms with van der Waals surface area (Å²) in [6, 6.07) is 10.6. The first-order valence-electron chi connectivity index (χ1n) is 9.99. The second-order valence-electron chi connectivity index (χ2n) is 7.62. The zero-order valence-electron chi connectivity index (χ0n) is 15.8. The summed E-state index contributed by atoms with van der Waals surface area (Å²) in [6.45, 7) is 4.58. The van der Waals surface area contributed by atoms with Gasteiger partial charge in [-0.1, -0.05) is 12.1 Å². The molecule has 6 nitrogen and oxygen atoms in total. The Morgan fingerprint density at radius 2 is 1.96 bits per heavy atom. The Bertz CT molecular complexity index is 771. The number of aliphatic hydroxyl groups is 1. The maximum absolute atomic E-state index is 11.9. The van der Waals surface area contributed by atoms with E-state index in [0.29, 0.717) is 18.9 Å². The van der Waals surface area contributed by atoms with Crippen molar-refractivity contribution in [2.24, 2.45) is 0 Å². The van der Waals surface area contributed by atoms with Crippen LogP contribution in [0.5, 0.6) is 0 Å². The Hall–Kier alpha value is -2.18. The molecule has 0 saturated carbocycles. The smallest absolute Gasteiger partial charge is 0.227 e. The second kappa shape index (κ2) is 8.23. The van der Waals surface area contributed by atoms with E-state index in [-0.39, 0.29) is 12.5 Å². The predicted molar refractivity (Wildman–Crippen MR) is 105 cm³/mol. The van der Waals surface area contributed by atoms with Gasteiger partial charge in [-0.05, 0) is 49.6 Å². The number of hydrogen-bond donors (Lipinski definition) is 1. The zero-order chi connectivity index (χ0) is 18.6. The summed E-state index contributed by atoms with van der Waals surface area (Å²) < 4.78 is 1.83. The van der Waals surface area contributed by atoms with E-state index in [1.165, 1.54) is 18.4 Å². The first-order valence-corrected chi connectivity index (χ1v) is 9.99. The highest BCUT2D eigenvalue weighted by molar-refractivity contribution is 5.95. The van der Waals surface area contributed by atoms with Crippen molar-refractivity contribution in [2.45, 2.75) is 44.7 Å². The van der Waals surface area contributed by atoms with Crippen LogP contribution in [0.4, 0.5) is 5.69 Å². The van der Waals surface area contributed by atoms with E-state index in [4.69, 9.17) is 5.11 Å². The standard InChI is InChI=1S/C21H28N4O2/c26-14-13-24-12-9-20(22-24)18-3-1-10-23(16-18)15-17-5-7-19(8-6-17)25-11-2-4-21(25)27/h5-9,12,18,26H,1-4,10-11,13-16H2/t18-/m0/s1. The molecule has 0 spiro atoms. The summed E-state index contributed by atoms with van der Waals surface area (Å²) >= 11 is 0. The van der Waals surface area contributed by atoms with Crippen molar-refractivity contribution in [1.82, 2.24) is 14.7 Å². The molecule has 1 N–H and O–H groups in total. The van der Waals surface area contributed by atoms with Crippen molar-refractivity contribution < 1.29 is 9.90 Å². The van der Waals surface area contributed by atoms with Crippen molar-refractivity contribution in [3.8, 4) is 0 Å². The molecule has 2 aliphatic rings. The predicted octanol–water partition coefficient (Wildman–Crippen LogP) is 2.38. The van der Waals surface area contributed by atoms with E-state index in [2.05, 4.69) is 40.3 Å². The van der Waals surface area contributed by atoms with E-state index in [1.807, 2.05) is 15.8 Å². The van der Waals surface area contributed by atoms with Gasteiger partial charge in [0.2, 0.25) is 5.91 Å². The fraction of sp³-hybridized carbons (Fsp3) is 0.524. The van der Waals surface area contributed by atoms with Crippen LogP contribution in [-0.2, 0) is 17.9 Å². The van der Waals surface area contributed by atoms with E-state index in [1.54, 1.807) is 0 Å². The van der Waals surface area contributed by atoms with Crippen LogP contribution in [0.25, 0.3) is 0 Å². The molecule has 2 saturated heterocycles. The molecule has 3 heterocycles. The SMILES string of the molecule is O=C1CCCN1c1ccc(CN2CCC[C@H](c3ccn(CCO)n3)C2)cc1. The topological polar surface area (TPSA) is 61.6 Å². The Kier molecular flexibility index (Phi) is 5.55. The fourth-order valence-electron chi connectivity index (χ4n) is 4.22. The molecule has 0 radical (unpaired) electrons. The van der Waals surface area contributed by atoms with Crippen molar-refractivity contribution in [3.63, 3.8) is 0 Å². The molecule has 27 heavy (non-hydrogen) atoms. The van der Waals surface area contributed by atoms with Gasteiger partial charge in [0.25, 0.3) is 0 Å². The average molecular weight is 368 g/mol. The molecule has 0 aliphatic carbocycles. The highest BCUT2D eigenvalue weighted by atomic mass is 16.3. The fourth-order valence-corrected chi connectivity index (χ4v) is 4.22. The third kappa shape index (κ3) is 4.22. The van der Waals surface area contributed by atoms with Gasteiger partial charge in [0.15, 0.2) is 0 Å². The van der Waals surface area contributed by atoms with Crippen LogP contribution >= 0.6 is 0 Å². The van der Waals surface area contributed by atoms with E-state index in [0.717, 1.165) is 44.0 Å². The number of nitrogens with zero attached hydrogens (tertiary/aromatic N) is 4. The van der Waals surface area contributed by atoms with Gasteiger partial charge >= 0.3 is 0 Å². The largest absolute Gasteiger partial charge is 0.394 e. The summed E-state index contributed by atoms with van der Waals surface area (Å²) in [6.07, 6.45) is 5.94. The molecule has 2 aromatic rings. The van der Waals surface area contributed by atoms with Crippen molar-refractivity contribution >= 4 is 11.6 Å². The molecular weight excluding hydrogens is 340 g/mol. The third-order valence-corrected chi connectivity index (χ3v) is 5.64. The van der Waals surface area contributed by atoms with Crippen molar-refractivity contribution in [1.29, 1.82) is 0 Å². The van der Waals surface area contributed by atoms with Crippen LogP contribution in [-0.4, -0.2) is 51.9 Å². The quantitative estimate of drug-likeness (QED) is 0.850. The number of anilines is 1. The molecule has 0 unspecified atom stereocenters. The van der Waals surface area contributed by atoms with Gasteiger partial charge < -0.3 is 10.0 Å². The van der Waals surface area contributed by atoms with E-state index in [9.17, 15) is 4.79 Å². The number of aromatic nitrogens is 2. The number of hydrogen-bond acceptors (Lipinski definition) is 4. The number of amides is 1. The lowest BCUT2D eigenvalue weighted by Gasteiger charge is -2.32. The maximum atomic E-state index is 11.9. The van der Waals surface area contributed by atoms with Crippen LogP contribution in [0.3, 0.4) is 0 Å². The summed E-state index contributed by atoms with van der Waals surface area (Å²) in [7, 11) is 0. The summed E-state index contributed by atoms with van der Waals surface area (Å²) in [4.78, 5) is 16.3. The van der Waals surface area contributed by atoms with Crippen molar-refractivity contribution in [2.75, 3.05) is 31.1 Å². The number of rotatable bonds is 6. The first kappa shape index (κ1) is 18.2. The Labute approximate surface area is 160 Å². The van der Waals surface area contributed by atoms with Gasteiger partial charge in [0.1, 0.15) is 0 Å². The number of aliphatic hydroxyl groups excluding tert-OH is 1. The number of benzene rings is 1. The summed E-state index contributed by atoms with van der Waals surface area (Å²) in [5.74, 6) is 0.697. The van der Waals surface area contributed by atoms with E-state index < -0.39 is 0 Å². The lowest BCUT2D eigenvalue weighted by atomic mass is 9.94. The Morgan fingerprint density at radius 1 is 1.11 bits per heavy atom. The molecule has 4 rings (SSSR count). The number of piperidine rings is 1. The summed E-state index contributed by atoms with van der Waals surface area (Å²) in [5, 5.41) is 13.7. The van der Waals surface area contributed by atoms with Crippen LogP contribution in [0.2, 0.25) is 0 Å². The van der Waals surface area contributed by atoms with Crippen LogP contribution in [0.1, 0.15) is 42.9 Å². The monoisotopic (exact) mass is 368 g/mol. The molecule has 1 aromatic heterocycles. The molecule has 0 bridgehead atoms. The van der Waals surface area contributed by atoms with Crippen molar-refractivity contribution in [3.05, 3.63) is 47.8 Å². The lowest BCUT2D eigenvalue weighted by molar-refractivity contribution is -0.117. The van der Waals surface area contributed by atoms with Crippen LogP contribution in [0, 0.1) is 0 Å². The highest BCUT2D eigenvalue weighted by Gasteiger charge is 2.24. The molecule has 1 atom stereocenters. The number of likely N-dealkylation sites (tertiary alicyclic amines) is 1. The van der Waals surface area contributed by atoms with Gasteiger partial charge in [0.05, 0.1) is 18.8 Å². The van der Waals surface area contributed by atoms with Gasteiger partial charge in [-0.2, -0.15) is 5.10 Å². The normalized spacial score (nSPS) is 21.1. The third-order valence-electron chi connectivity index (χ3n) is 5.64. The first-order chi connectivity index (χ1) is 13.2. The van der Waals surface area contributed by atoms with Gasteiger partial charge in [-0.3, -0.25) is 14.4 Å². The minimum atomic E-state index is 0.122. The lowest BCUT2D eigenvalue weighted by Crippen LogP contribution is -2.34. The molecule has 144 valence electrons. The zero-order valence-corrected chi connectivity index (χ0v) is 15.8. The minimum absolute atomic E-state index is 0.122. The van der Waals surface area contributed by atoms with Crippen LogP contribution < -0.4 is 4.90 Å². The summed E-state index contributed by atoms with van der Waals surface area (Å²) in [5.41, 5.74) is 3.44. The molecule has 1 amide bonds. The molecule has 2 fully saturated rings. The average Bonchev–Trinajstić information content (AvgIpc) is 3.32. The molecular formula is C21H28N4O2. The van der Waals surface area contributed by atoms with Gasteiger partial charge in [-0.25, -0.2) is 0 Å². The Balaban J connectivity index is 1.36. The van der Waals surface area contributed by atoms with Gasteiger partial charge in [-0.15, -0.1) is 0 Å². The molecule has 2 aliphatic heterocycles. The molecule has 6 heteroatoms. The van der Waals surface area contributed by atoms with E-state index >= 15 is 0 Å². The number of carbonyl (C=O) groups excluding carboxylic acids is 1.